The summed E-state index contributed by atoms with van der Waals surface area (Å²) < 4.78 is 20.4. The molecule has 0 fully saturated rings. The first-order chi connectivity index (χ1) is 16.7. The van der Waals surface area contributed by atoms with Crippen LogP contribution in [0.15, 0.2) is 29.4 Å². The highest BCUT2D eigenvalue weighted by molar-refractivity contribution is 7.99. The van der Waals surface area contributed by atoms with E-state index in [2.05, 4.69) is 42.4 Å². The number of thiophene rings is 1. The Morgan fingerprint density at radius 1 is 1.34 bits per heavy atom. The van der Waals surface area contributed by atoms with Gasteiger partial charge in [0.1, 0.15) is 29.2 Å². The van der Waals surface area contributed by atoms with Gasteiger partial charge in [0.15, 0.2) is 11.0 Å². The molecule has 0 spiro atoms. The molecule has 1 amide bonds. The average molecular weight is 514 g/mol. The maximum atomic E-state index is 13.0. The normalized spacial score (nSPS) is 15.4. The molecule has 10 heteroatoms. The van der Waals surface area contributed by atoms with E-state index in [0.29, 0.717) is 33.2 Å². The van der Waals surface area contributed by atoms with E-state index in [9.17, 15) is 14.4 Å². The molecule has 0 saturated heterocycles. The number of benzene rings is 1. The van der Waals surface area contributed by atoms with E-state index in [1.165, 1.54) is 40.1 Å². The van der Waals surface area contributed by atoms with Gasteiger partial charge in [-0.1, -0.05) is 32.5 Å². The lowest BCUT2D eigenvalue weighted by molar-refractivity contribution is -0.113. The van der Waals surface area contributed by atoms with Gasteiger partial charge < -0.3 is 14.6 Å². The molecule has 1 aromatic carbocycles. The number of rotatable bonds is 7. The molecule has 35 heavy (non-hydrogen) atoms. The fraction of sp³-hybridized carbons (Fsp3) is 0.440. The van der Waals surface area contributed by atoms with Gasteiger partial charge in [-0.15, -0.1) is 21.5 Å². The number of thioether (sulfide) groups is 1. The second-order valence-corrected chi connectivity index (χ2v) is 11.7. The number of aromatic nitrogens is 3. The lowest BCUT2D eigenvalue weighted by Gasteiger charge is -2.33. The van der Waals surface area contributed by atoms with Gasteiger partial charge in [-0.3, -0.25) is 4.79 Å². The van der Waals surface area contributed by atoms with Gasteiger partial charge in [0.2, 0.25) is 5.91 Å². The number of nitrogens with one attached hydrogen (secondary N) is 1. The number of carbonyl (C=O) groups excluding carboxylic acids is 1. The fourth-order valence-electron chi connectivity index (χ4n) is 4.10. The first-order valence-corrected chi connectivity index (χ1v) is 13.2. The van der Waals surface area contributed by atoms with E-state index in [4.69, 9.17) is 4.74 Å². The number of ether oxygens (including phenoxy) is 1. The van der Waals surface area contributed by atoms with Crippen molar-refractivity contribution in [3.05, 3.63) is 51.9 Å². The lowest BCUT2D eigenvalue weighted by atomic mass is 9.72. The summed E-state index contributed by atoms with van der Waals surface area (Å²) >= 11 is 2.80. The second kappa shape index (κ2) is 10.4. The lowest BCUT2D eigenvalue weighted by Crippen LogP contribution is -2.26. The molecule has 0 bridgehead atoms. The van der Waals surface area contributed by atoms with Crippen molar-refractivity contribution in [2.75, 3.05) is 11.1 Å². The highest BCUT2D eigenvalue weighted by atomic mass is 32.2. The number of hydrogen-bond donors (Lipinski definition) is 1. The smallest absolute Gasteiger partial charge is 0.235 e. The van der Waals surface area contributed by atoms with Crippen LogP contribution in [0.2, 0.25) is 0 Å². The predicted octanol–water partition coefficient (Wildman–Crippen LogP) is 5.35. The summed E-state index contributed by atoms with van der Waals surface area (Å²) in [6.07, 6.45) is 2.89. The molecule has 0 saturated carbocycles. The van der Waals surface area contributed by atoms with Crippen LogP contribution in [0.25, 0.3) is 0 Å². The van der Waals surface area contributed by atoms with Crippen LogP contribution in [0.3, 0.4) is 0 Å². The van der Waals surface area contributed by atoms with Gasteiger partial charge in [0.25, 0.3) is 0 Å². The summed E-state index contributed by atoms with van der Waals surface area (Å²) in [5.74, 6) is 1.31. The summed E-state index contributed by atoms with van der Waals surface area (Å²) in [6, 6.07) is 8.06. The summed E-state index contributed by atoms with van der Waals surface area (Å²) in [5, 5.41) is 22.2. The Labute approximate surface area is 212 Å². The van der Waals surface area contributed by atoms with Crippen LogP contribution in [0.4, 0.5) is 9.39 Å². The van der Waals surface area contributed by atoms with Gasteiger partial charge in [0, 0.05) is 11.9 Å². The zero-order valence-corrected chi connectivity index (χ0v) is 21.9. The number of fused-ring (bicyclic) bond motifs is 1. The van der Waals surface area contributed by atoms with Gasteiger partial charge >= 0.3 is 0 Å². The topological polar surface area (TPSA) is 92.8 Å². The van der Waals surface area contributed by atoms with Crippen LogP contribution >= 0.6 is 23.1 Å². The van der Waals surface area contributed by atoms with Crippen LogP contribution in [0.1, 0.15) is 49.0 Å². The quantitative estimate of drug-likeness (QED) is 0.428. The zero-order chi connectivity index (χ0) is 25.2. The van der Waals surface area contributed by atoms with E-state index in [0.717, 1.165) is 24.8 Å². The maximum Gasteiger partial charge on any atom is 0.235 e. The van der Waals surface area contributed by atoms with Gasteiger partial charge in [0.05, 0.1) is 11.3 Å². The standard InChI is InChI=1S/C25H28FN5O2S2/c1-25(2,3)15-5-10-18-19(12-27)23(35-20(18)11-15)28-22(32)14-34-24-30-29-21(31(24)4)13-33-17-8-6-16(26)7-9-17/h6-9,15H,5,10-11,13-14H2,1-4H3,(H,28,32). The second-order valence-electron chi connectivity index (χ2n) is 9.66. The number of anilines is 1. The fourth-order valence-corrected chi connectivity index (χ4v) is 6.12. The molecular weight excluding hydrogens is 485 g/mol. The van der Waals surface area contributed by atoms with E-state index in [-0.39, 0.29) is 29.5 Å². The Morgan fingerprint density at radius 3 is 2.77 bits per heavy atom. The summed E-state index contributed by atoms with van der Waals surface area (Å²) in [6.45, 7) is 6.94. The van der Waals surface area contributed by atoms with Crippen LogP contribution in [-0.4, -0.2) is 26.4 Å². The van der Waals surface area contributed by atoms with Crippen molar-refractivity contribution >= 4 is 34.0 Å². The minimum atomic E-state index is -0.327. The Bertz CT molecular complexity index is 1250. The summed E-state index contributed by atoms with van der Waals surface area (Å²) in [5.41, 5.74) is 1.92. The molecule has 1 aliphatic rings. The van der Waals surface area contributed by atoms with Crippen LogP contribution in [-0.2, 0) is 31.3 Å². The van der Waals surface area contributed by atoms with Crippen molar-refractivity contribution in [3.63, 3.8) is 0 Å². The molecule has 1 atom stereocenters. The molecule has 0 radical (unpaired) electrons. The monoisotopic (exact) mass is 513 g/mol. The first kappa shape index (κ1) is 25.2. The van der Waals surface area contributed by atoms with Crippen molar-refractivity contribution in [2.24, 2.45) is 18.4 Å². The van der Waals surface area contributed by atoms with E-state index in [1.807, 2.05) is 0 Å². The SMILES string of the molecule is Cn1c(COc2ccc(F)cc2)nnc1SCC(=O)Nc1sc2c(c1C#N)CCC(C(C)(C)C)C2. The number of amides is 1. The van der Waals surface area contributed by atoms with E-state index >= 15 is 0 Å². The molecule has 3 aromatic rings. The number of nitrogens with zero attached hydrogens (tertiary/aromatic N) is 4. The Balaban J connectivity index is 1.35. The van der Waals surface area contributed by atoms with Crippen LogP contribution in [0.5, 0.6) is 5.75 Å². The number of nitriles is 1. The van der Waals surface area contributed by atoms with Crippen molar-refractivity contribution in [1.82, 2.24) is 14.8 Å². The Kier molecular flexibility index (Phi) is 7.47. The molecule has 1 aliphatic carbocycles. The average Bonchev–Trinajstić information content (AvgIpc) is 3.35. The van der Waals surface area contributed by atoms with Crippen molar-refractivity contribution in [3.8, 4) is 11.8 Å². The Hall–Kier alpha value is -2.90. The van der Waals surface area contributed by atoms with Crippen molar-refractivity contribution in [1.29, 1.82) is 5.26 Å². The van der Waals surface area contributed by atoms with Gasteiger partial charge in [-0.05, 0) is 60.4 Å². The predicted molar refractivity (Wildman–Crippen MR) is 135 cm³/mol. The van der Waals surface area contributed by atoms with Crippen LogP contribution in [0, 0.1) is 28.5 Å². The number of carbonyl (C=O) groups is 1. The molecule has 7 nitrogen and oxygen atoms in total. The third-order valence-electron chi connectivity index (χ3n) is 6.29. The molecule has 2 heterocycles. The van der Waals surface area contributed by atoms with E-state index in [1.54, 1.807) is 23.7 Å². The minimum Gasteiger partial charge on any atom is -0.486 e. The third kappa shape index (κ3) is 5.85. The largest absolute Gasteiger partial charge is 0.486 e. The summed E-state index contributed by atoms with van der Waals surface area (Å²) in [4.78, 5) is 13.9. The highest BCUT2D eigenvalue weighted by Crippen LogP contribution is 2.44. The van der Waals surface area contributed by atoms with Gasteiger partial charge in [-0.25, -0.2) is 4.39 Å². The number of hydrogen-bond acceptors (Lipinski definition) is 7. The molecule has 0 aliphatic heterocycles. The van der Waals surface area contributed by atoms with Gasteiger partial charge in [-0.2, -0.15) is 5.26 Å². The first-order valence-electron chi connectivity index (χ1n) is 11.4. The Morgan fingerprint density at radius 2 is 2.09 bits per heavy atom. The highest BCUT2D eigenvalue weighted by Gasteiger charge is 2.32. The van der Waals surface area contributed by atoms with E-state index < -0.39 is 0 Å². The molecular formula is C25H28FN5O2S2. The minimum absolute atomic E-state index is 0.142. The summed E-state index contributed by atoms with van der Waals surface area (Å²) in [7, 11) is 1.80. The molecule has 2 aromatic heterocycles. The van der Waals surface area contributed by atoms with Crippen molar-refractivity contribution in [2.45, 2.75) is 51.8 Å². The van der Waals surface area contributed by atoms with Crippen LogP contribution < -0.4 is 10.1 Å². The zero-order valence-electron chi connectivity index (χ0n) is 20.2. The molecule has 184 valence electrons. The maximum absolute atomic E-state index is 13.0. The number of halogens is 1. The molecule has 4 rings (SSSR count). The van der Waals surface area contributed by atoms with Crippen molar-refractivity contribution < 1.29 is 13.9 Å². The molecule has 1 N–H and O–H groups in total. The third-order valence-corrected chi connectivity index (χ3v) is 8.48. The molecule has 1 unspecified atom stereocenters.